The van der Waals surface area contributed by atoms with Crippen molar-refractivity contribution < 1.29 is 0 Å². The monoisotopic (exact) mass is 263 g/mol. The summed E-state index contributed by atoms with van der Waals surface area (Å²) in [6.07, 6.45) is 13.0. The Balaban J connectivity index is 1.69. The van der Waals surface area contributed by atoms with Gasteiger partial charge >= 0.3 is 5.69 Å². The van der Waals surface area contributed by atoms with Crippen molar-refractivity contribution >= 4 is 0 Å². The molecule has 0 aliphatic heterocycles. The number of rotatable bonds is 5. The number of hydrogen-bond donors (Lipinski definition) is 1. The number of aromatic nitrogens is 2. The van der Waals surface area contributed by atoms with Crippen LogP contribution in [0.15, 0.2) is 17.2 Å². The van der Waals surface area contributed by atoms with Gasteiger partial charge in [0, 0.05) is 31.0 Å². The van der Waals surface area contributed by atoms with Crippen molar-refractivity contribution in [1.29, 1.82) is 0 Å². The Bertz CT molecular complexity index is 466. The second kappa shape index (κ2) is 5.53. The lowest BCUT2D eigenvalue weighted by Gasteiger charge is -2.30. The SMILES string of the molecule is CNC(Cn1ccn(C2CC2)c1=O)C1CCCCC1. The molecule has 1 atom stereocenters. The maximum absolute atomic E-state index is 12.3. The van der Waals surface area contributed by atoms with Gasteiger partial charge in [0.2, 0.25) is 0 Å². The van der Waals surface area contributed by atoms with Crippen molar-refractivity contribution in [3.8, 4) is 0 Å². The van der Waals surface area contributed by atoms with Gasteiger partial charge in [-0.2, -0.15) is 0 Å². The molecule has 0 radical (unpaired) electrons. The lowest BCUT2D eigenvalue weighted by atomic mass is 9.84. The molecule has 3 rings (SSSR count). The Morgan fingerprint density at radius 2 is 1.95 bits per heavy atom. The molecule has 1 N–H and O–H groups in total. The third kappa shape index (κ3) is 2.78. The van der Waals surface area contributed by atoms with Crippen molar-refractivity contribution in [3.05, 3.63) is 22.9 Å². The van der Waals surface area contributed by atoms with E-state index in [-0.39, 0.29) is 5.69 Å². The molecular weight excluding hydrogens is 238 g/mol. The maximum atomic E-state index is 12.3. The van der Waals surface area contributed by atoms with Gasteiger partial charge in [0.15, 0.2) is 0 Å². The molecule has 19 heavy (non-hydrogen) atoms. The fraction of sp³-hybridized carbons (Fsp3) is 0.800. The van der Waals surface area contributed by atoms with E-state index in [1.54, 1.807) is 0 Å². The summed E-state index contributed by atoms with van der Waals surface area (Å²) in [6.45, 7) is 0.819. The Labute approximate surface area is 114 Å². The van der Waals surface area contributed by atoms with Crippen molar-refractivity contribution in [1.82, 2.24) is 14.5 Å². The molecule has 0 saturated heterocycles. The first-order chi connectivity index (χ1) is 9.29. The van der Waals surface area contributed by atoms with Crippen LogP contribution in [0.1, 0.15) is 51.0 Å². The van der Waals surface area contributed by atoms with Gasteiger partial charge in [0.05, 0.1) is 0 Å². The van der Waals surface area contributed by atoms with Crippen LogP contribution in [0.3, 0.4) is 0 Å². The fourth-order valence-corrected chi connectivity index (χ4v) is 3.42. The van der Waals surface area contributed by atoms with Crippen LogP contribution in [0, 0.1) is 5.92 Å². The van der Waals surface area contributed by atoms with E-state index in [2.05, 4.69) is 5.32 Å². The van der Waals surface area contributed by atoms with Gasteiger partial charge in [-0.1, -0.05) is 19.3 Å². The summed E-state index contributed by atoms with van der Waals surface area (Å²) in [5.74, 6) is 0.731. The van der Waals surface area contributed by atoms with Crippen molar-refractivity contribution in [2.24, 2.45) is 5.92 Å². The molecule has 0 amide bonds. The highest BCUT2D eigenvalue weighted by Crippen LogP contribution is 2.33. The number of imidazole rings is 1. The van der Waals surface area contributed by atoms with Crippen LogP contribution in [0.2, 0.25) is 0 Å². The predicted molar refractivity (Wildman–Crippen MR) is 76.4 cm³/mol. The van der Waals surface area contributed by atoms with Gasteiger partial charge in [-0.05, 0) is 38.6 Å². The van der Waals surface area contributed by atoms with Gasteiger partial charge in [-0.3, -0.25) is 9.13 Å². The molecule has 0 bridgehead atoms. The summed E-state index contributed by atoms with van der Waals surface area (Å²) < 4.78 is 3.81. The van der Waals surface area contributed by atoms with E-state index in [4.69, 9.17) is 0 Å². The molecular formula is C15H25N3O. The van der Waals surface area contributed by atoms with Crippen LogP contribution < -0.4 is 11.0 Å². The molecule has 4 heteroatoms. The van der Waals surface area contributed by atoms with E-state index in [0.29, 0.717) is 12.1 Å². The quantitative estimate of drug-likeness (QED) is 0.884. The smallest absolute Gasteiger partial charge is 0.315 e. The molecule has 0 aromatic carbocycles. The average molecular weight is 263 g/mol. The molecule has 2 fully saturated rings. The molecule has 106 valence electrons. The third-order valence-electron chi connectivity index (χ3n) is 4.80. The van der Waals surface area contributed by atoms with Gasteiger partial charge < -0.3 is 5.32 Å². The summed E-state index contributed by atoms with van der Waals surface area (Å²) >= 11 is 0. The normalized spacial score (nSPS) is 22.6. The summed E-state index contributed by atoms with van der Waals surface area (Å²) in [5.41, 5.74) is 0.179. The van der Waals surface area contributed by atoms with Crippen LogP contribution in [0.5, 0.6) is 0 Å². The lowest BCUT2D eigenvalue weighted by molar-refractivity contribution is 0.255. The molecule has 2 saturated carbocycles. The summed E-state index contributed by atoms with van der Waals surface area (Å²) in [5, 5.41) is 3.43. The summed E-state index contributed by atoms with van der Waals surface area (Å²) in [6, 6.07) is 0.921. The predicted octanol–water partition coefficient (Wildman–Crippen LogP) is 2.15. The first-order valence-electron chi connectivity index (χ1n) is 7.74. The Kier molecular flexibility index (Phi) is 3.78. The molecule has 4 nitrogen and oxygen atoms in total. The zero-order valence-electron chi connectivity index (χ0n) is 11.8. The van der Waals surface area contributed by atoms with E-state index < -0.39 is 0 Å². The highest BCUT2D eigenvalue weighted by atomic mass is 16.1. The minimum Gasteiger partial charge on any atom is -0.315 e. The van der Waals surface area contributed by atoms with Crippen LogP contribution in [0.4, 0.5) is 0 Å². The Morgan fingerprint density at radius 1 is 1.21 bits per heavy atom. The zero-order chi connectivity index (χ0) is 13.2. The molecule has 1 aromatic rings. The number of nitrogens with one attached hydrogen (secondary N) is 1. The largest absolute Gasteiger partial charge is 0.328 e. The first-order valence-corrected chi connectivity index (χ1v) is 7.74. The van der Waals surface area contributed by atoms with E-state index >= 15 is 0 Å². The number of likely N-dealkylation sites (N-methyl/N-ethyl adjacent to an activating group) is 1. The van der Waals surface area contributed by atoms with Gasteiger partial charge in [-0.15, -0.1) is 0 Å². The molecule has 1 unspecified atom stereocenters. The van der Waals surface area contributed by atoms with Crippen molar-refractivity contribution in [2.45, 2.75) is 63.6 Å². The van der Waals surface area contributed by atoms with E-state index in [1.807, 2.05) is 28.6 Å². The molecule has 0 spiro atoms. The molecule has 1 aromatic heterocycles. The second-order valence-electron chi connectivity index (χ2n) is 6.16. The summed E-state index contributed by atoms with van der Waals surface area (Å²) in [7, 11) is 2.03. The maximum Gasteiger partial charge on any atom is 0.328 e. The van der Waals surface area contributed by atoms with Gasteiger partial charge in [0.1, 0.15) is 0 Å². The third-order valence-corrected chi connectivity index (χ3v) is 4.80. The zero-order valence-corrected chi connectivity index (χ0v) is 11.8. The van der Waals surface area contributed by atoms with Crippen molar-refractivity contribution in [2.75, 3.05) is 7.05 Å². The van der Waals surface area contributed by atoms with Crippen LogP contribution in [0.25, 0.3) is 0 Å². The lowest BCUT2D eigenvalue weighted by Crippen LogP contribution is -2.40. The molecule has 2 aliphatic carbocycles. The summed E-state index contributed by atoms with van der Waals surface area (Å²) in [4.78, 5) is 12.3. The van der Waals surface area contributed by atoms with Crippen LogP contribution in [-0.2, 0) is 6.54 Å². The average Bonchev–Trinajstić information content (AvgIpc) is 3.22. The standard InChI is InChI=1S/C15H25N3O/c1-16-14(12-5-3-2-4-6-12)11-17-9-10-18(15(17)19)13-7-8-13/h9-10,12-14,16H,2-8,11H2,1H3. The van der Waals surface area contributed by atoms with E-state index in [1.165, 1.54) is 44.9 Å². The number of nitrogens with zero attached hydrogens (tertiary/aromatic N) is 2. The minimum absolute atomic E-state index is 0.179. The minimum atomic E-state index is 0.179. The highest BCUT2D eigenvalue weighted by Gasteiger charge is 2.27. The molecule has 2 aliphatic rings. The van der Waals surface area contributed by atoms with Crippen molar-refractivity contribution in [3.63, 3.8) is 0 Å². The second-order valence-corrected chi connectivity index (χ2v) is 6.16. The van der Waals surface area contributed by atoms with Crippen LogP contribution >= 0.6 is 0 Å². The Morgan fingerprint density at radius 3 is 2.58 bits per heavy atom. The van der Waals surface area contributed by atoms with E-state index in [0.717, 1.165) is 12.5 Å². The van der Waals surface area contributed by atoms with Crippen LogP contribution in [-0.4, -0.2) is 22.2 Å². The topological polar surface area (TPSA) is 39.0 Å². The first kappa shape index (κ1) is 13.0. The fourth-order valence-electron chi connectivity index (χ4n) is 3.42. The Hall–Kier alpha value is -1.03. The number of hydrogen-bond acceptors (Lipinski definition) is 2. The highest BCUT2D eigenvalue weighted by molar-refractivity contribution is 4.92. The van der Waals surface area contributed by atoms with Gasteiger partial charge in [0.25, 0.3) is 0 Å². The van der Waals surface area contributed by atoms with E-state index in [9.17, 15) is 4.79 Å². The van der Waals surface area contributed by atoms with Gasteiger partial charge in [-0.25, -0.2) is 4.79 Å². The molecule has 1 heterocycles.